The lowest BCUT2D eigenvalue weighted by molar-refractivity contribution is -0.244. The molecule has 0 radical (unpaired) electrons. The number of benzene rings is 1. The third kappa shape index (κ3) is 3.70. The van der Waals surface area contributed by atoms with Crippen molar-refractivity contribution in [1.29, 1.82) is 0 Å². The second kappa shape index (κ2) is 6.86. The molecule has 1 fully saturated rings. The maximum Gasteiger partial charge on any atom is 0.223 e. The fourth-order valence-corrected chi connectivity index (χ4v) is 2.20. The monoisotopic (exact) mass is 297 g/mol. The molecule has 0 bridgehead atoms. The predicted octanol–water partition coefficient (Wildman–Crippen LogP) is -0.991. The van der Waals surface area contributed by atoms with Crippen LogP contribution in [0.3, 0.4) is 0 Å². The van der Waals surface area contributed by atoms with Crippen LogP contribution in [0.5, 0.6) is 5.75 Å². The van der Waals surface area contributed by atoms with Gasteiger partial charge in [0.05, 0.1) is 6.61 Å². The first-order chi connectivity index (χ1) is 10.0. The summed E-state index contributed by atoms with van der Waals surface area (Å²) in [6.07, 6.45) is -4.64. The molecule has 0 aromatic heterocycles. The molecule has 0 aliphatic carbocycles. The molecule has 1 aromatic carbocycles. The molecule has 21 heavy (non-hydrogen) atoms. The molecule has 116 valence electrons. The molecule has 0 saturated carbocycles. The van der Waals surface area contributed by atoms with Crippen LogP contribution in [0.1, 0.15) is 6.92 Å². The van der Waals surface area contributed by atoms with Crippen LogP contribution in [0.15, 0.2) is 30.3 Å². The Balaban J connectivity index is 2.18. The van der Waals surface area contributed by atoms with E-state index < -0.39 is 37.3 Å². The fraction of sp³-hybridized carbons (Fsp3) is 0.500. The zero-order chi connectivity index (χ0) is 15.4. The highest BCUT2D eigenvalue weighted by Gasteiger charge is 2.45. The van der Waals surface area contributed by atoms with Gasteiger partial charge in [-0.15, -0.1) is 0 Å². The number of hydrogen-bond donors (Lipinski definition) is 4. The minimum atomic E-state index is -1.32. The van der Waals surface area contributed by atoms with E-state index in [1.54, 1.807) is 24.3 Å². The summed E-state index contributed by atoms with van der Waals surface area (Å²) in [5.41, 5.74) is 0. The summed E-state index contributed by atoms with van der Waals surface area (Å²) in [6.45, 7) is 0.816. The first-order valence-corrected chi connectivity index (χ1v) is 6.64. The van der Waals surface area contributed by atoms with Crippen molar-refractivity contribution in [2.24, 2.45) is 0 Å². The second-order valence-corrected chi connectivity index (χ2v) is 4.86. The van der Waals surface area contributed by atoms with Gasteiger partial charge in [0.1, 0.15) is 30.1 Å². The average molecular weight is 297 g/mol. The van der Waals surface area contributed by atoms with Gasteiger partial charge in [-0.05, 0) is 12.1 Å². The highest BCUT2D eigenvalue weighted by atomic mass is 16.7. The van der Waals surface area contributed by atoms with Crippen molar-refractivity contribution in [2.45, 2.75) is 37.6 Å². The number of carbonyl (C=O) groups is 1. The Morgan fingerprint density at radius 2 is 1.95 bits per heavy atom. The topological polar surface area (TPSA) is 108 Å². The van der Waals surface area contributed by atoms with Crippen LogP contribution in [0.25, 0.3) is 0 Å². The summed E-state index contributed by atoms with van der Waals surface area (Å²) in [5, 5.41) is 31.7. The van der Waals surface area contributed by atoms with E-state index in [0.717, 1.165) is 0 Å². The molecule has 7 nitrogen and oxygen atoms in total. The number of ether oxygens (including phenoxy) is 2. The summed E-state index contributed by atoms with van der Waals surface area (Å²) in [4.78, 5) is 11.2. The molecule has 0 spiro atoms. The van der Waals surface area contributed by atoms with Gasteiger partial charge in [-0.2, -0.15) is 0 Å². The van der Waals surface area contributed by atoms with Crippen LogP contribution in [-0.4, -0.2) is 58.5 Å². The van der Waals surface area contributed by atoms with Crippen LogP contribution < -0.4 is 10.1 Å². The van der Waals surface area contributed by atoms with Crippen molar-refractivity contribution in [3.8, 4) is 5.75 Å². The molecule has 2 rings (SSSR count). The van der Waals surface area contributed by atoms with Crippen LogP contribution in [0.2, 0.25) is 0 Å². The van der Waals surface area contributed by atoms with Crippen molar-refractivity contribution < 1.29 is 29.6 Å². The van der Waals surface area contributed by atoms with Gasteiger partial charge in [0.15, 0.2) is 0 Å². The van der Waals surface area contributed by atoms with Crippen molar-refractivity contribution >= 4 is 5.91 Å². The van der Waals surface area contributed by atoms with Gasteiger partial charge >= 0.3 is 0 Å². The van der Waals surface area contributed by atoms with E-state index in [4.69, 9.17) is 9.47 Å². The Hall–Kier alpha value is -1.67. The minimum Gasteiger partial charge on any atom is -0.463 e. The molecule has 5 atom stereocenters. The molecule has 1 amide bonds. The van der Waals surface area contributed by atoms with Crippen LogP contribution in [0.4, 0.5) is 0 Å². The first kappa shape index (κ1) is 15.7. The van der Waals surface area contributed by atoms with Gasteiger partial charge < -0.3 is 30.1 Å². The predicted molar refractivity (Wildman–Crippen MR) is 72.4 cm³/mol. The molecule has 1 saturated heterocycles. The quantitative estimate of drug-likeness (QED) is 0.568. The van der Waals surface area contributed by atoms with E-state index in [9.17, 15) is 20.1 Å². The second-order valence-electron chi connectivity index (χ2n) is 4.86. The van der Waals surface area contributed by atoms with Gasteiger partial charge in [-0.1, -0.05) is 18.2 Å². The molecule has 1 aromatic rings. The molecular formula is C14H19NO6. The third-order valence-corrected chi connectivity index (χ3v) is 3.25. The number of rotatable bonds is 4. The Bertz CT molecular complexity index is 468. The Morgan fingerprint density at radius 1 is 1.29 bits per heavy atom. The first-order valence-electron chi connectivity index (χ1n) is 6.64. The zero-order valence-corrected chi connectivity index (χ0v) is 11.5. The van der Waals surface area contributed by atoms with Crippen LogP contribution >= 0.6 is 0 Å². The van der Waals surface area contributed by atoms with E-state index in [2.05, 4.69) is 5.32 Å². The lowest BCUT2D eigenvalue weighted by Crippen LogP contribution is -2.65. The van der Waals surface area contributed by atoms with E-state index in [0.29, 0.717) is 5.75 Å². The smallest absolute Gasteiger partial charge is 0.223 e. The largest absolute Gasteiger partial charge is 0.463 e. The van der Waals surface area contributed by atoms with Crippen LogP contribution in [0, 0.1) is 0 Å². The lowest BCUT2D eigenvalue weighted by atomic mass is 9.97. The van der Waals surface area contributed by atoms with E-state index in [1.165, 1.54) is 6.92 Å². The summed E-state index contributed by atoms with van der Waals surface area (Å²) in [5.74, 6) is 0.0945. The van der Waals surface area contributed by atoms with Crippen LogP contribution in [-0.2, 0) is 9.53 Å². The number of hydrogen-bond acceptors (Lipinski definition) is 6. The van der Waals surface area contributed by atoms with Crippen molar-refractivity contribution in [3.05, 3.63) is 30.3 Å². The van der Waals surface area contributed by atoms with Crippen molar-refractivity contribution in [3.63, 3.8) is 0 Å². The van der Waals surface area contributed by atoms with Crippen molar-refractivity contribution in [1.82, 2.24) is 5.32 Å². The van der Waals surface area contributed by atoms with Crippen molar-refractivity contribution in [2.75, 3.05) is 6.61 Å². The summed E-state index contributed by atoms with van der Waals surface area (Å²) >= 11 is 0. The zero-order valence-electron chi connectivity index (χ0n) is 11.5. The number of carbonyl (C=O) groups excluding carboxylic acids is 1. The normalized spacial score (nSPS) is 32.5. The Labute approximate surface area is 122 Å². The van der Waals surface area contributed by atoms with Gasteiger partial charge in [-0.25, -0.2) is 0 Å². The third-order valence-electron chi connectivity index (χ3n) is 3.25. The molecule has 1 aliphatic rings. The van der Waals surface area contributed by atoms with Gasteiger partial charge in [0.25, 0.3) is 0 Å². The maximum atomic E-state index is 11.2. The highest BCUT2D eigenvalue weighted by Crippen LogP contribution is 2.24. The fourth-order valence-electron chi connectivity index (χ4n) is 2.20. The lowest BCUT2D eigenvalue weighted by Gasteiger charge is -2.42. The molecule has 1 heterocycles. The number of amides is 1. The van der Waals surface area contributed by atoms with E-state index in [-0.39, 0.29) is 5.91 Å². The average Bonchev–Trinajstić information content (AvgIpc) is 2.47. The standard InChI is InChI=1S/C14H19NO6/c1-8(17)15-11-13(19)12(18)10(7-16)21-14(11)20-9-5-3-2-4-6-9/h2-6,10-14,16,18-19H,7H2,1H3,(H,15,17)/t10-,11-,12+,13-,14-/m1/s1. The Kier molecular flexibility index (Phi) is 5.13. The summed E-state index contributed by atoms with van der Waals surface area (Å²) < 4.78 is 11.0. The Morgan fingerprint density at radius 3 is 2.52 bits per heavy atom. The van der Waals surface area contributed by atoms with Gasteiger partial charge in [0.2, 0.25) is 12.2 Å². The van der Waals surface area contributed by atoms with Gasteiger partial charge in [0, 0.05) is 6.92 Å². The van der Waals surface area contributed by atoms with Gasteiger partial charge in [-0.3, -0.25) is 4.79 Å². The molecule has 0 unspecified atom stereocenters. The highest BCUT2D eigenvalue weighted by molar-refractivity contribution is 5.73. The number of nitrogens with one attached hydrogen (secondary N) is 1. The molecule has 4 N–H and O–H groups in total. The molecule has 7 heteroatoms. The number of para-hydroxylation sites is 1. The summed E-state index contributed by atoms with van der Waals surface area (Å²) in [6, 6.07) is 7.79. The molecule has 1 aliphatic heterocycles. The summed E-state index contributed by atoms with van der Waals surface area (Å²) in [7, 11) is 0. The number of aliphatic hydroxyl groups excluding tert-OH is 3. The number of aliphatic hydroxyl groups is 3. The SMILES string of the molecule is CC(=O)N[C@H]1[C@H](Oc2ccccc2)O[C@H](CO)[C@H](O)[C@@H]1O. The van der Waals surface area contributed by atoms with E-state index >= 15 is 0 Å². The minimum absolute atomic E-state index is 0.390. The molecular weight excluding hydrogens is 278 g/mol. The van der Waals surface area contributed by atoms with E-state index in [1.807, 2.05) is 6.07 Å². The maximum absolute atomic E-state index is 11.2.